The maximum atomic E-state index is 4.71. The van der Waals surface area contributed by atoms with Gasteiger partial charge in [0.25, 0.3) is 0 Å². The smallest absolute Gasteiger partial charge is 1.00 e. The van der Waals surface area contributed by atoms with Crippen LogP contribution in [0, 0.1) is 0 Å². The zero-order valence-electron chi connectivity index (χ0n) is 25.4. The number of anilines is 2. The Bertz CT molecular complexity index is 1100. The first-order valence-corrected chi connectivity index (χ1v) is 14.1. The molecule has 3 N–H and O–H groups in total. The first-order valence-electron chi connectivity index (χ1n) is 14.1. The minimum atomic E-state index is 0. The van der Waals surface area contributed by atoms with Crippen LogP contribution in [0.2, 0.25) is 0 Å². The maximum absolute atomic E-state index is 4.71. The summed E-state index contributed by atoms with van der Waals surface area (Å²) in [4.78, 5) is 4.71. The third-order valence-electron chi connectivity index (χ3n) is 7.08. The van der Waals surface area contributed by atoms with Crippen molar-refractivity contribution in [3.8, 4) is 0 Å². The number of aromatic nitrogens is 1. The van der Waals surface area contributed by atoms with Gasteiger partial charge in [-0.25, -0.2) is 0 Å². The second-order valence-corrected chi connectivity index (χ2v) is 11.3. The first kappa shape index (κ1) is 38.6. The van der Waals surface area contributed by atoms with Gasteiger partial charge in [0.15, 0.2) is 0 Å². The molecule has 40 heavy (non-hydrogen) atoms. The zero-order valence-corrected chi connectivity index (χ0v) is 29.6. The summed E-state index contributed by atoms with van der Waals surface area (Å²) in [6, 6.07) is 17.6. The van der Waals surface area contributed by atoms with Crippen molar-refractivity contribution in [2.45, 2.75) is 92.2 Å². The number of para-hydroxylation sites is 2. The van der Waals surface area contributed by atoms with Crippen molar-refractivity contribution in [3.63, 3.8) is 0 Å². The number of hydrogen-bond acceptors (Lipinski definition) is 4. The molecular formula is C33H48Br2CoN4. The normalized spacial score (nSPS) is 10.8. The van der Waals surface area contributed by atoms with Crippen molar-refractivity contribution in [3.05, 3.63) is 88.2 Å². The number of pyridine rings is 1. The summed E-state index contributed by atoms with van der Waals surface area (Å²) >= 11 is 0. The van der Waals surface area contributed by atoms with Crippen molar-refractivity contribution in [1.29, 1.82) is 0 Å². The molecule has 223 valence electrons. The van der Waals surface area contributed by atoms with Gasteiger partial charge in [-0.1, -0.05) is 97.9 Å². The summed E-state index contributed by atoms with van der Waals surface area (Å²) in [5, 5.41) is 11.1. The van der Waals surface area contributed by atoms with Crippen molar-refractivity contribution in [2.24, 2.45) is 0 Å². The van der Waals surface area contributed by atoms with E-state index in [1.54, 1.807) is 0 Å². The molecule has 3 aromatic rings. The molecule has 0 saturated heterocycles. The Balaban J connectivity index is 0.00000507. The average Bonchev–Trinajstić information content (AvgIpc) is 2.87. The van der Waals surface area contributed by atoms with Crippen LogP contribution in [-0.2, 0) is 29.9 Å². The molecule has 0 aliphatic rings. The van der Waals surface area contributed by atoms with Crippen molar-refractivity contribution >= 4 is 11.4 Å². The molecule has 7 heteroatoms. The van der Waals surface area contributed by atoms with Crippen molar-refractivity contribution in [1.82, 2.24) is 10.3 Å². The van der Waals surface area contributed by atoms with Crippen LogP contribution in [0.4, 0.5) is 11.4 Å². The predicted molar refractivity (Wildman–Crippen MR) is 161 cm³/mol. The van der Waals surface area contributed by atoms with Gasteiger partial charge >= 0.3 is 16.8 Å². The fourth-order valence-corrected chi connectivity index (χ4v) is 4.97. The van der Waals surface area contributed by atoms with Crippen LogP contribution >= 0.6 is 0 Å². The molecule has 0 spiro atoms. The molecule has 1 aromatic heterocycles. The molecule has 0 aliphatic carbocycles. The predicted octanol–water partition coefficient (Wildman–Crippen LogP) is 2.39. The number of rotatable bonds is 13. The van der Waals surface area contributed by atoms with E-state index in [1.165, 1.54) is 39.2 Å². The number of nitrogens with zero attached hydrogens (tertiary/aromatic N) is 1. The fraction of sp³-hybridized carbons (Fsp3) is 0.485. The summed E-state index contributed by atoms with van der Waals surface area (Å²) in [7, 11) is 0. The third-order valence-corrected chi connectivity index (χ3v) is 7.08. The number of nitrogens with one attached hydrogen (secondary N) is 3. The molecule has 0 amide bonds. The molecule has 0 fully saturated rings. The molecule has 0 unspecified atom stereocenters. The van der Waals surface area contributed by atoms with E-state index >= 15 is 0 Å². The fourth-order valence-electron chi connectivity index (χ4n) is 4.97. The third kappa shape index (κ3) is 10.5. The van der Waals surface area contributed by atoms with Gasteiger partial charge < -0.3 is 49.9 Å². The van der Waals surface area contributed by atoms with E-state index in [2.05, 4.69) is 114 Å². The molecule has 0 saturated carbocycles. The van der Waals surface area contributed by atoms with Crippen molar-refractivity contribution < 1.29 is 50.7 Å². The minimum absolute atomic E-state index is 0. The molecule has 1 heterocycles. The Hall–Kier alpha value is -1.38. The summed E-state index contributed by atoms with van der Waals surface area (Å²) in [5.74, 6) is 1.94. The van der Waals surface area contributed by atoms with Crippen LogP contribution in [0.5, 0.6) is 0 Å². The Morgan fingerprint density at radius 3 is 1.48 bits per heavy atom. The van der Waals surface area contributed by atoms with Crippen LogP contribution in [-0.4, -0.2) is 18.1 Å². The molecule has 0 bridgehead atoms. The van der Waals surface area contributed by atoms with E-state index in [-0.39, 0.29) is 50.7 Å². The number of hydrogen-bond donors (Lipinski definition) is 3. The van der Waals surface area contributed by atoms with Gasteiger partial charge in [0, 0.05) is 43.8 Å². The van der Waals surface area contributed by atoms with Gasteiger partial charge in [0.1, 0.15) is 0 Å². The monoisotopic (exact) mass is 717 g/mol. The van der Waals surface area contributed by atoms with E-state index in [4.69, 9.17) is 4.98 Å². The van der Waals surface area contributed by atoms with E-state index in [0.717, 1.165) is 31.9 Å². The molecular weight excluding hydrogens is 671 g/mol. The Kier molecular flexibility index (Phi) is 18.3. The topological polar surface area (TPSA) is 49.0 Å². The Morgan fingerprint density at radius 1 is 0.575 bits per heavy atom. The number of benzene rings is 2. The molecule has 0 aliphatic heterocycles. The quantitative estimate of drug-likeness (QED) is 0.238. The van der Waals surface area contributed by atoms with Crippen LogP contribution in [0.15, 0.2) is 54.7 Å². The Morgan fingerprint density at radius 2 is 1.02 bits per heavy atom. The van der Waals surface area contributed by atoms with Gasteiger partial charge in [-0.15, -0.1) is 0 Å². The zero-order chi connectivity index (χ0) is 26.9. The van der Waals surface area contributed by atoms with Crippen LogP contribution in [0.3, 0.4) is 0 Å². The van der Waals surface area contributed by atoms with Crippen molar-refractivity contribution in [2.75, 3.05) is 23.7 Å². The molecule has 2 aromatic carbocycles. The molecule has 4 nitrogen and oxygen atoms in total. The summed E-state index contributed by atoms with van der Waals surface area (Å²) in [6.07, 6.45) is 1.90. The van der Waals surface area contributed by atoms with E-state index < -0.39 is 0 Å². The summed E-state index contributed by atoms with van der Waals surface area (Å²) in [5.41, 5.74) is 10.5. The van der Waals surface area contributed by atoms with Gasteiger partial charge in [0.05, 0.1) is 5.69 Å². The van der Waals surface area contributed by atoms with Gasteiger partial charge in [-0.3, -0.25) is 4.98 Å². The largest absolute Gasteiger partial charge is 2.00 e. The van der Waals surface area contributed by atoms with E-state index in [0.29, 0.717) is 23.7 Å². The average molecular weight is 720 g/mol. The van der Waals surface area contributed by atoms with E-state index in [9.17, 15) is 0 Å². The molecule has 3 rings (SSSR count). The first-order chi connectivity index (χ1) is 17.7. The van der Waals surface area contributed by atoms with Crippen LogP contribution in [0.25, 0.3) is 0 Å². The van der Waals surface area contributed by atoms with Gasteiger partial charge in [-0.2, -0.15) is 0 Å². The number of halogens is 2. The van der Waals surface area contributed by atoms with E-state index in [1.807, 2.05) is 12.3 Å². The van der Waals surface area contributed by atoms with Crippen LogP contribution < -0.4 is 49.9 Å². The standard InChI is InChI=1S/C33H48N4.2BrH.Co/c1-22(2)27-13-9-14-28(23(3)4)32(27)36-19-18-34-21-31-26(12-11-17-35-31)20-37-33-29(24(5)6)15-10-16-30(33)25(7)8;;;/h9-17,22-25,34,36-37H,18-21H2,1-8H3;2*1H;/q;;;+2/p-2. The molecule has 0 atom stereocenters. The van der Waals surface area contributed by atoms with Gasteiger partial charge in [0.2, 0.25) is 0 Å². The maximum Gasteiger partial charge on any atom is 2.00 e. The summed E-state index contributed by atoms with van der Waals surface area (Å²) < 4.78 is 0. The second-order valence-electron chi connectivity index (χ2n) is 11.3. The minimum Gasteiger partial charge on any atom is -1.00 e. The van der Waals surface area contributed by atoms with Crippen LogP contribution in [0.1, 0.15) is 113 Å². The van der Waals surface area contributed by atoms with Gasteiger partial charge in [-0.05, 0) is 57.6 Å². The Labute approximate surface area is 275 Å². The second kappa shape index (κ2) is 18.9. The summed E-state index contributed by atoms with van der Waals surface area (Å²) in [6.45, 7) is 21.4. The molecule has 1 radical (unpaired) electrons. The SMILES string of the molecule is CC(C)c1cccc(C(C)C)c1NCCNCc1ncccc1CNc1c(C(C)C)cccc1C(C)C.[Br-].[Br-].[Co+2].